The average Bonchev–Trinajstić information content (AvgIpc) is 3.43. The third-order valence-corrected chi connectivity index (χ3v) is 6.22. The summed E-state index contributed by atoms with van der Waals surface area (Å²) in [5, 5.41) is 8.99. The van der Waals surface area contributed by atoms with E-state index in [0.29, 0.717) is 36.2 Å². The molecule has 10 nitrogen and oxygen atoms in total. The Kier molecular flexibility index (Phi) is 5.74. The van der Waals surface area contributed by atoms with Crippen LogP contribution in [0.3, 0.4) is 0 Å². The fraction of sp³-hybridized carbons (Fsp3) is 0.600. The van der Waals surface area contributed by atoms with Crippen molar-refractivity contribution in [1.29, 1.82) is 0 Å². The third kappa shape index (κ3) is 4.23. The summed E-state index contributed by atoms with van der Waals surface area (Å²) in [5.74, 6) is -2.04. The maximum Gasteiger partial charge on any atom is 0.453 e. The minimum atomic E-state index is -4.70. The van der Waals surface area contributed by atoms with Gasteiger partial charge in [-0.25, -0.2) is 14.3 Å². The Morgan fingerprint density at radius 3 is 2.55 bits per heavy atom. The van der Waals surface area contributed by atoms with Gasteiger partial charge in [-0.2, -0.15) is 18.2 Å². The van der Waals surface area contributed by atoms with E-state index in [4.69, 9.17) is 0 Å². The molecule has 3 heterocycles. The van der Waals surface area contributed by atoms with Crippen molar-refractivity contribution in [3.63, 3.8) is 0 Å². The molecule has 2 aromatic heterocycles. The molecule has 1 aliphatic heterocycles. The van der Waals surface area contributed by atoms with E-state index in [1.54, 1.807) is 13.8 Å². The Hall–Kier alpha value is -3.25. The highest BCUT2D eigenvalue weighted by atomic mass is 19.4. The van der Waals surface area contributed by atoms with Gasteiger partial charge in [-0.05, 0) is 33.1 Å². The molecule has 1 saturated carbocycles. The number of halogens is 3. The molecular formula is C20H24F3N7O3. The molecule has 4 amide bonds. The number of hydrogen-bond donors (Lipinski definition) is 2. The molecule has 178 valence electrons. The molecule has 0 unspecified atom stereocenters. The fourth-order valence-electron chi connectivity index (χ4n) is 4.47. The minimum absolute atomic E-state index is 0.103. The number of nitrogens with zero attached hydrogens (tertiary/aromatic N) is 5. The molecule has 0 atom stereocenters. The Morgan fingerprint density at radius 2 is 1.88 bits per heavy atom. The number of carbonyl (C=O) groups is 3. The summed E-state index contributed by atoms with van der Waals surface area (Å²) in [6.45, 7) is 3.57. The first kappa shape index (κ1) is 22.9. The van der Waals surface area contributed by atoms with Crippen molar-refractivity contribution < 1.29 is 27.6 Å². The highest BCUT2D eigenvalue weighted by molar-refractivity contribution is 6.07. The van der Waals surface area contributed by atoms with Crippen LogP contribution in [0.25, 0.3) is 5.78 Å². The van der Waals surface area contributed by atoms with Crippen LogP contribution in [0.1, 0.15) is 54.9 Å². The van der Waals surface area contributed by atoms with Crippen molar-refractivity contribution in [3.8, 4) is 0 Å². The van der Waals surface area contributed by atoms with Crippen LogP contribution in [0, 0.1) is 13.8 Å². The van der Waals surface area contributed by atoms with Gasteiger partial charge in [0.15, 0.2) is 0 Å². The van der Waals surface area contributed by atoms with Gasteiger partial charge in [-0.3, -0.25) is 14.5 Å². The van der Waals surface area contributed by atoms with E-state index in [9.17, 15) is 27.6 Å². The Balaban J connectivity index is 1.34. The summed E-state index contributed by atoms with van der Waals surface area (Å²) in [5.41, 5.74) is 0.430. The molecular weight excluding hydrogens is 443 g/mol. The summed E-state index contributed by atoms with van der Waals surface area (Å²) >= 11 is 0. The number of carbonyl (C=O) groups excluding carboxylic acids is 3. The van der Waals surface area contributed by atoms with Crippen LogP contribution >= 0.6 is 0 Å². The summed E-state index contributed by atoms with van der Waals surface area (Å²) in [6, 6.07) is -0.398. The predicted molar refractivity (Wildman–Crippen MR) is 108 cm³/mol. The maximum absolute atomic E-state index is 12.9. The number of aryl methyl sites for hydroxylation is 2. The van der Waals surface area contributed by atoms with E-state index < -0.39 is 23.6 Å². The number of fused-ring (bicyclic) bond motifs is 1. The highest BCUT2D eigenvalue weighted by Crippen LogP contribution is 2.35. The second-order valence-corrected chi connectivity index (χ2v) is 8.46. The van der Waals surface area contributed by atoms with Crippen molar-refractivity contribution >= 4 is 23.6 Å². The molecule has 1 saturated heterocycles. The van der Waals surface area contributed by atoms with Crippen molar-refractivity contribution in [3.05, 3.63) is 22.8 Å². The Bertz CT molecular complexity index is 1120. The molecule has 0 radical (unpaired) electrons. The quantitative estimate of drug-likeness (QED) is 0.493. The predicted octanol–water partition coefficient (Wildman–Crippen LogP) is 1.67. The number of hydrogen-bond acceptors (Lipinski definition) is 6. The van der Waals surface area contributed by atoms with E-state index in [0.717, 1.165) is 17.4 Å². The van der Waals surface area contributed by atoms with Gasteiger partial charge in [0, 0.05) is 30.0 Å². The largest absolute Gasteiger partial charge is 0.453 e. The van der Waals surface area contributed by atoms with E-state index in [-0.39, 0.29) is 37.1 Å². The summed E-state index contributed by atoms with van der Waals surface area (Å²) in [4.78, 5) is 45.9. The molecule has 2 aliphatic rings. The minimum Gasteiger partial charge on any atom is -0.356 e. The van der Waals surface area contributed by atoms with Crippen LogP contribution in [0.5, 0.6) is 0 Å². The normalized spacial score (nSPS) is 17.9. The van der Waals surface area contributed by atoms with Gasteiger partial charge < -0.3 is 10.6 Å². The standard InChI is InChI=1S/C20H24F3N7O3/c1-11-13(12(2)30-17(25-11)26-15(28-30)20(21,22)23)10-14(31)24-8-5-9-29-16(32)19(27-18(29)33)6-3-4-7-19/h3-10H2,1-2H3,(H,24,31)(H,27,33). The van der Waals surface area contributed by atoms with Gasteiger partial charge in [0.05, 0.1) is 6.42 Å². The Morgan fingerprint density at radius 1 is 1.18 bits per heavy atom. The molecule has 2 fully saturated rings. The van der Waals surface area contributed by atoms with Gasteiger partial charge >= 0.3 is 12.2 Å². The number of alkyl halides is 3. The average molecular weight is 467 g/mol. The lowest BCUT2D eigenvalue weighted by Crippen LogP contribution is -2.44. The van der Waals surface area contributed by atoms with E-state index in [1.807, 2.05) is 0 Å². The van der Waals surface area contributed by atoms with Crippen LogP contribution in [-0.4, -0.2) is 61.0 Å². The van der Waals surface area contributed by atoms with Gasteiger partial charge in [0.25, 0.3) is 17.5 Å². The number of nitrogens with one attached hydrogen (secondary N) is 2. The van der Waals surface area contributed by atoms with Crippen LogP contribution < -0.4 is 10.6 Å². The molecule has 0 bridgehead atoms. The van der Waals surface area contributed by atoms with E-state index >= 15 is 0 Å². The fourth-order valence-corrected chi connectivity index (χ4v) is 4.47. The van der Waals surface area contributed by atoms with Gasteiger partial charge in [-0.15, -0.1) is 5.10 Å². The van der Waals surface area contributed by atoms with Crippen molar-refractivity contribution in [1.82, 2.24) is 35.1 Å². The van der Waals surface area contributed by atoms with Crippen molar-refractivity contribution in [2.45, 2.75) is 64.1 Å². The molecule has 1 aliphatic carbocycles. The molecule has 4 rings (SSSR count). The SMILES string of the molecule is Cc1nc2nc(C(F)(F)F)nn2c(C)c1CC(=O)NCCCN1C(=O)NC2(CCCC2)C1=O. The second kappa shape index (κ2) is 8.27. The maximum atomic E-state index is 12.9. The molecule has 13 heteroatoms. The van der Waals surface area contributed by atoms with Crippen molar-refractivity contribution in [2.24, 2.45) is 0 Å². The van der Waals surface area contributed by atoms with Gasteiger partial charge in [0.2, 0.25) is 5.91 Å². The number of rotatable bonds is 6. The lowest BCUT2D eigenvalue weighted by atomic mass is 9.98. The monoisotopic (exact) mass is 467 g/mol. The molecule has 2 aromatic rings. The van der Waals surface area contributed by atoms with Crippen LogP contribution in [0.4, 0.5) is 18.0 Å². The first-order chi connectivity index (χ1) is 15.5. The first-order valence-corrected chi connectivity index (χ1v) is 10.7. The summed E-state index contributed by atoms with van der Waals surface area (Å²) < 4.78 is 39.7. The zero-order valence-corrected chi connectivity index (χ0v) is 18.3. The topological polar surface area (TPSA) is 122 Å². The number of imide groups is 1. The van der Waals surface area contributed by atoms with Gasteiger partial charge in [0.1, 0.15) is 5.54 Å². The molecule has 1 spiro atoms. The second-order valence-electron chi connectivity index (χ2n) is 8.46. The van der Waals surface area contributed by atoms with E-state index in [2.05, 4.69) is 25.7 Å². The zero-order chi connectivity index (χ0) is 24.0. The van der Waals surface area contributed by atoms with Crippen LogP contribution in [0.15, 0.2) is 0 Å². The molecule has 33 heavy (non-hydrogen) atoms. The van der Waals surface area contributed by atoms with Crippen molar-refractivity contribution in [2.75, 3.05) is 13.1 Å². The van der Waals surface area contributed by atoms with Crippen LogP contribution in [0.2, 0.25) is 0 Å². The van der Waals surface area contributed by atoms with Crippen LogP contribution in [-0.2, 0) is 22.2 Å². The number of amides is 4. The van der Waals surface area contributed by atoms with E-state index in [1.165, 1.54) is 4.90 Å². The summed E-state index contributed by atoms with van der Waals surface area (Å²) in [6.07, 6.45) is -1.31. The number of urea groups is 1. The Labute approximate surface area is 186 Å². The number of aromatic nitrogens is 4. The zero-order valence-electron chi connectivity index (χ0n) is 18.3. The van der Waals surface area contributed by atoms with Gasteiger partial charge in [-0.1, -0.05) is 12.8 Å². The first-order valence-electron chi connectivity index (χ1n) is 10.7. The highest BCUT2D eigenvalue weighted by Gasteiger charge is 2.52. The molecule has 2 N–H and O–H groups in total. The summed E-state index contributed by atoms with van der Waals surface area (Å²) in [7, 11) is 0. The lowest BCUT2D eigenvalue weighted by Gasteiger charge is -2.20. The smallest absolute Gasteiger partial charge is 0.356 e. The third-order valence-electron chi connectivity index (χ3n) is 6.22. The molecule has 0 aromatic carbocycles. The lowest BCUT2D eigenvalue weighted by molar-refractivity contribution is -0.144.